The van der Waals surface area contributed by atoms with E-state index in [-0.39, 0.29) is 25.0 Å². The average molecular weight is 347 g/mol. The zero-order valence-electron chi connectivity index (χ0n) is 13.1. The lowest BCUT2D eigenvalue weighted by atomic mass is 10.1. The minimum atomic E-state index is -0.341. The van der Waals surface area contributed by atoms with Crippen LogP contribution in [0.4, 0.5) is 0 Å². The summed E-state index contributed by atoms with van der Waals surface area (Å²) >= 11 is 5.82. The molecule has 0 bridgehead atoms. The van der Waals surface area contributed by atoms with E-state index in [4.69, 9.17) is 16.7 Å². The Morgan fingerprint density at radius 2 is 1.71 bits per heavy atom. The van der Waals surface area contributed by atoms with Gasteiger partial charge in [0.2, 0.25) is 5.91 Å². The van der Waals surface area contributed by atoms with Crippen molar-refractivity contribution in [2.45, 2.75) is 13.0 Å². The highest BCUT2D eigenvalue weighted by Gasteiger charge is 2.08. The van der Waals surface area contributed by atoms with Gasteiger partial charge in [-0.3, -0.25) is 9.59 Å². The number of carbonyl (C=O) groups excluding carboxylic acids is 2. The molecule has 0 aliphatic heterocycles. The fourth-order valence-electron chi connectivity index (χ4n) is 2.11. The molecule has 0 saturated carbocycles. The number of aliphatic hydroxyl groups excluding tert-OH is 1. The SMILES string of the molecule is O=C(CNC(=O)c1cccc(Cl)c1)NCCc1ccc(CO)cc1. The summed E-state index contributed by atoms with van der Waals surface area (Å²) < 4.78 is 0. The number of hydrogen-bond donors (Lipinski definition) is 3. The molecule has 0 unspecified atom stereocenters. The van der Waals surface area contributed by atoms with Gasteiger partial charge < -0.3 is 15.7 Å². The number of hydrogen-bond acceptors (Lipinski definition) is 3. The standard InChI is InChI=1S/C18H19ClN2O3/c19-16-3-1-2-15(10-16)18(24)21-11-17(23)20-9-8-13-4-6-14(12-22)7-5-13/h1-7,10,22H,8-9,11-12H2,(H,20,23)(H,21,24). The first kappa shape index (κ1) is 18.0. The molecule has 6 heteroatoms. The summed E-state index contributed by atoms with van der Waals surface area (Å²) in [5.41, 5.74) is 2.33. The summed E-state index contributed by atoms with van der Waals surface area (Å²) in [6, 6.07) is 14.1. The molecule has 0 radical (unpaired) electrons. The molecule has 0 fully saturated rings. The second-order valence-corrected chi connectivity index (χ2v) is 5.70. The molecular weight excluding hydrogens is 328 g/mol. The van der Waals surface area contributed by atoms with Gasteiger partial charge in [0.05, 0.1) is 13.2 Å². The maximum absolute atomic E-state index is 11.9. The fourth-order valence-corrected chi connectivity index (χ4v) is 2.30. The third kappa shape index (κ3) is 5.68. The van der Waals surface area contributed by atoms with Crippen molar-refractivity contribution in [1.29, 1.82) is 0 Å². The lowest BCUT2D eigenvalue weighted by Gasteiger charge is -2.08. The van der Waals surface area contributed by atoms with Crippen LogP contribution in [0.5, 0.6) is 0 Å². The molecule has 0 aliphatic rings. The average Bonchev–Trinajstić information content (AvgIpc) is 2.60. The molecule has 2 amide bonds. The molecule has 2 aromatic carbocycles. The van der Waals surface area contributed by atoms with Crippen LogP contribution in [-0.2, 0) is 17.8 Å². The van der Waals surface area contributed by atoms with E-state index in [9.17, 15) is 9.59 Å². The van der Waals surface area contributed by atoms with Crippen LogP contribution in [0, 0.1) is 0 Å². The van der Waals surface area contributed by atoms with E-state index in [1.807, 2.05) is 24.3 Å². The van der Waals surface area contributed by atoms with Crippen LogP contribution in [0.3, 0.4) is 0 Å². The van der Waals surface area contributed by atoms with Gasteiger partial charge in [-0.05, 0) is 35.7 Å². The lowest BCUT2D eigenvalue weighted by Crippen LogP contribution is -2.37. The van der Waals surface area contributed by atoms with Crippen LogP contribution >= 0.6 is 11.6 Å². The van der Waals surface area contributed by atoms with Crippen molar-refractivity contribution in [3.8, 4) is 0 Å². The van der Waals surface area contributed by atoms with Gasteiger partial charge in [-0.25, -0.2) is 0 Å². The third-order valence-corrected chi connectivity index (χ3v) is 3.67. The summed E-state index contributed by atoms with van der Waals surface area (Å²) in [7, 11) is 0. The first-order chi connectivity index (χ1) is 11.6. The van der Waals surface area contributed by atoms with Gasteiger partial charge in [0, 0.05) is 17.1 Å². The molecule has 0 atom stereocenters. The second-order valence-electron chi connectivity index (χ2n) is 5.27. The Balaban J connectivity index is 1.70. The van der Waals surface area contributed by atoms with Gasteiger partial charge in [0.1, 0.15) is 0 Å². The maximum atomic E-state index is 11.9. The molecule has 3 N–H and O–H groups in total. The predicted octanol–water partition coefficient (Wildman–Crippen LogP) is 1.92. The zero-order chi connectivity index (χ0) is 17.4. The third-order valence-electron chi connectivity index (χ3n) is 3.44. The number of nitrogens with one attached hydrogen (secondary N) is 2. The van der Waals surface area contributed by atoms with Crippen molar-refractivity contribution in [2.75, 3.05) is 13.1 Å². The molecule has 0 saturated heterocycles. The van der Waals surface area contributed by atoms with Crippen molar-refractivity contribution < 1.29 is 14.7 Å². The van der Waals surface area contributed by atoms with Crippen LogP contribution in [-0.4, -0.2) is 30.0 Å². The normalized spacial score (nSPS) is 10.2. The fraction of sp³-hybridized carbons (Fsp3) is 0.222. The number of carbonyl (C=O) groups is 2. The summed E-state index contributed by atoms with van der Waals surface area (Å²) in [4.78, 5) is 23.6. The van der Waals surface area contributed by atoms with Gasteiger partial charge in [0.15, 0.2) is 0 Å². The van der Waals surface area contributed by atoms with Crippen molar-refractivity contribution in [3.05, 3.63) is 70.2 Å². The zero-order valence-corrected chi connectivity index (χ0v) is 13.8. The molecule has 126 valence electrons. The van der Waals surface area contributed by atoms with Crippen LogP contribution in [0.2, 0.25) is 5.02 Å². The van der Waals surface area contributed by atoms with Gasteiger partial charge in [-0.15, -0.1) is 0 Å². The Hall–Kier alpha value is -2.37. The largest absolute Gasteiger partial charge is 0.392 e. The van der Waals surface area contributed by atoms with Gasteiger partial charge >= 0.3 is 0 Å². The maximum Gasteiger partial charge on any atom is 0.251 e. The van der Waals surface area contributed by atoms with Crippen LogP contribution in [0.25, 0.3) is 0 Å². The van der Waals surface area contributed by atoms with E-state index < -0.39 is 0 Å². The number of amides is 2. The van der Waals surface area contributed by atoms with Crippen molar-refractivity contribution in [1.82, 2.24) is 10.6 Å². The highest BCUT2D eigenvalue weighted by molar-refractivity contribution is 6.30. The van der Waals surface area contributed by atoms with Gasteiger partial charge in [0.25, 0.3) is 5.91 Å². The number of aliphatic hydroxyl groups is 1. The minimum Gasteiger partial charge on any atom is -0.392 e. The molecule has 0 aliphatic carbocycles. The van der Waals surface area contributed by atoms with Crippen molar-refractivity contribution >= 4 is 23.4 Å². The Labute approximate surface area is 145 Å². The molecular formula is C18H19ClN2O3. The summed E-state index contributed by atoms with van der Waals surface area (Å²) in [6.45, 7) is 0.405. The minimum absolute atomic E-state index is 0.0172. The van der Waals surface area contributed by atoms with E-state index in [1.165, 1.54) is 0 Å². The van der Waals surface area contributed by atoms with E-state index in [0.29, 0.717) is 23.6 Å². The van der Waals surface area contributed by atoms with Gasteiger partial charge in [-0.1, -0.05) is 41.9 Å². The molecule has 2 rings (SSSR count). The van der Waals surface area contributed by atoms with Crippen LogP contribution in [0.1, 0.15) is 21.5 Å². The van der Waals surface area contributed by atoms with E-state index >= 15 is 0 Å². The Morgan fingerprint density at radius 1 is 1.00 bits per heavy atom. The topological polar surface area (TPSA) is 78.4 Å². The quantitative estimate of drug-likeness (QED) is 0.716. The monoisotopic (exact) mass is 346 g/mol. The van der Waals surface area contributed by atoms with Crippen molar-refractivity contribution in [3.63, 3.8) is 0 Å². The molecule has 0 aromatic heterocycles. The Bertz CT molecular complexity index is 702. The Morgan fingerprint density at radius 3 is 2.38 bits per heavy atom. The summed E-state index contributed by atoms with van der Waals surface area (Å²) in [5, 5.41) is 14.8. The molecule has 0 spiro atoms. The second kappa shape index (κ2) is 9.05. The molecule has 2 aromatic rings. The van der Waals surface area contributed by atoms with E-state index in [0.717, 1.165) is 11.1 Å². The van der Waals surface area contributed by atoms with Gasteiger partial charge in [-0.2, -0.15) is 0 Å². The predicted molar refractivity (Wildman–Crippen MR) is 92.9 cm³/mol. The molecule has 24 heavy (non-hydrogen) atoms. The first-order valence-corrected chi connectivity index (χ1v) is 7.95. The van der Waals surface area contributed by atoms with E-state index in [1.54, 1.807) is 24.3 Å². The summed E-state index contributed by atoms with van der Waals surface area (Å²) in [5.74, 6) is -0.593. The molecule has 5 nitrogen and oxygen atoms in total. The number of halogens is 1. The highest BCUT2D eigenvalue weighted by Crippen LogP contribution is 2.10. The molecule has 0 heterocycles. The van der Waals surface area contributed by atoms with Crippen LogP contribution < -0.4 is 10.6 Å². The number of rotatable bonds is 7. The Kier molecular flexibility index (Phi) is 6.78. The smallest absolute Gasteiger partial charge is 0.251 e. The van der Waals surface area contributed by atoms with E-state index in [2.05, 4.69) is 10.6 Å². The lowest BCUT2D eigenvalue weighted by molar-refractivity contribution is -0.120. The highest BCUT2D eigenvalue weighted by atomic mass is 35.5. The first-order valence-electron chi connectivity index (χ1n) is 7.57. The van der Waals surface area contributed by atoms with Crippen molar-refractivity contribution in [2.24, 2.45) is 0 Å². The summed E-state index contributed by atoms with van der Waals surface area (Å²) in [6.07, 6.45) is 0.680. The van der Waals surface area contributed by atoms with Crippen LogP contribution in [0.15, 0.2) is 48.5 Å². The number of benzene rings is 2.